The van der Waals surface area contributed by atoms with Crippen LogP contribution in [-0.4, -0.2) is 6.54 Å². The highest BCUT2D eigenvalue weighted by Crippen LogP contribution is 2.45. The summed E-state index contributed by atoms with van der Waals surface area (Å²) in [5.74, 6) is 0. The van der Waals surface area contributed by atoms with Crippen LogP contribution in [0, 0.1) is 20.8 Å². The van der Waals surface area contributed by atoms with E-state index in [-0.39, 0.29) is 0 Å². The van der Waals surface area contributed by atoms with E-state index in [0.29, 0.717) is 5.41 Å². The summed E-state index contributed by atoms with van der Waals surface area (Å²) in [6.07, 6.45) is 3.88. The molecule has 1 aromatic rings. The number of hydrogen-bond acceptors (Lipinski definition) is 1. The van der Waals surface area contributed by atoms with Crippen LogP contribution in [0.1, 0.15) is 41.5 Å². The molecule has 0 aliphatic heterocycles. The molecule has 0 unspecified atom stereocenters. The van der Waals surface area contributed by atoms with Crippen LogP contribution in [-0.2, 0) is 5.41 Å². The van der Waals surface area contributed by atoms with Crippen molar-refractivity contribution >= 4 is 0 Å². The van der Waals surface area contributed by atoms with Crippen LogP contribution in [0.5, 0.6) is 0 Å². The van der Waals surface area contributed by atoms with Gasteiger partial charge in [0.1, 0.15) is 0 Å². The zero-order valence-electron chi connectivity index (χ0n) is 10.1. The van der Waals surface area contributed by atoms with Crippen LogP contribution in [0.25, 0.3) is 0 Å². The number of benzene rings is 1. The van der Waals surface area contributed by atoms with Gasteiger partial charge in [0.2, 0.25) is 0 Å². The highest BCUT2D eigenvalue weighted by atomic mass is 14.6. The van der Waals surface area contributed by atoms with Gasteiger partial charge in [0.15, 0.2) is 0 Å². The van der Waals surface area contributed by atoms with Gasteiger partial charge < -0.3 is 5.73 Å². The van der Waals surface area contributed by atoms with E-state index in [9.17, 15) is 0 Å². The van der Waals surface area contributed by atoms with Gasteiger partial charge in [-0.05, 0) is 50.3 Å². The van der Waals surface area contributed by atoms with E-state index < -0.39 is 0 Å². The van der Waals surface area contributed by atoms with Gasteiger partial charge in [-0.3, -0.25) is 0 Å². The largest absolute Gasteiger partial charge is 0.330 e. The summed E-state index contributed by atoms with van der Waals surface area (Å²) in [4.78, 5) is 0. The summed E-state index contributed by atoms with van der Waals surface area (Å²) in [5.41, 5.74) is 12.0. The van der Waals surface area contributed by atoms with E-state index in [2.05, 4.69) is 32.9 Å². The Morgan fingerprint density at radius 3 is 2.00 bits per heavy atom. The molecule has 1 aromatic carbocycles. The minimum atomic E-state index is 0.307. The van der Waals surface area contributed by atoms with Crippen molar-refractivity contribution in [3.05, 3.63) is 34.4 Å². The van der Waals surface area contributed by atoms with E-state index in [1.54, 1.807) is 0 Å². The molecule has 2 rings (SSSR count). The first kappa shape index (κ1) is 10.7. The summed E-state index contributed by atoms with van der Waals surface area (Å²) in [6.45, 7) is 7.42. The Morgan fingerprint density at radius 2 is 1.67 bits per heavy atom. The molecule has 1 saturated carbocycles. The lowest BCUT2D eigenvalue weighted by atomic mass is 9.62. The highest BCUT2D eigenvalue weighted by Gasteiger charge is 2.39. The second-order valence-electron chi connectivity index (χ2n) is 5.11. The fraction of sp³-hybridized carbons (Fsp3) is 0.571. The lowest BCUT2D eigenvalue weighted by Gasteiger charge is -2.43. The van der Waals surface area contributed by atoms with Gasteiger partial charge >= 0.3 is 0 Å². The van der Waals surface area contributed by atoms with E-state index in [1.165, 1.54) is 41.5 Å². The molecule has 0 bridgehead atoms. The van der Waals surface area contributed by atoms with Gasteiger partial charge in [0, 0.05) is 12.0 Å². The predicted octanol–water partition coefficient (Wildman–Crippen LogP) is 2.99. The Hall–Kier alpha value is -0.820. The number of aryl methyl sites for hydroxylation is 3. The topological polar surface area (TPSA) is 26.0 Å². The molecule has 0 aromatic heterocycles. The number of hydrogen-bond donors (Lipinski definition) is 1. The summed E-state index contributed by atoms with van der Waals surface area (Å²) < 4.78 is 0. The maximum atomic E-state index is 5.98. The molecule has 0 saturated heterocycles. The Labute approximate surface area is 92.7 Å². The molecule has 1 fully saturated rings. The number of rotatable bonds is 2. The molecule has 1 aliphatic carbocycles. The molecule has 0 radical (unpaired) electrons. The van der Waals surface area contributed by atoms with E-state index in [4.69, 9.17) is 5.73 Å². The van der Waals surface area contributed by atoms with Crippen molar-refractivity contribution in [2.24, 2.45) is 5.73 Å². The van der Waals surface area contributed by atoms with E-state index in [0.717, 1.165) is 6.54 Å². The summed E-state index contributed by atoms with van der Waals surface area (Å²) in [6, 6.07) is 4.58. The fourth-order valence-electron chi connectivity index (χ4n) is 3.18. The van der Waals surface area contributed by atoms with Crippen LogP contribution in [0.4, 0.5) is 0 Å². The minimum absolute atomic E-state index is 0.307. The molecule has 0 atom stereocenters. The standard InChI is InChI=1S/C14H21N/c1-10-7-11(2)13(12(3)8-10)14(9-15)5-4-6-14/h7-8H,4-6,9,15H2,1-3H3. The molecule has 82 valence electrons. The Bertz CT molecular complexity index is 346. The van der Waals surface area contributed by atoms with Crippen molar-refractivity contribution in [2.45, 2.75) is 45.4 Å². The second-order valence-corrected chi connectivity index (χ2v) is 5.11. The van der Waals surface area contributed by atoms with Gasteiger partial charge in [-0.2, -0.15) is 0 Å². The van der Waals surface area contributed by atoms with Gasteiger partial charge in [0.25, 0.3) is 0 Å². The van der Waals surface area contributed by atoms with Gasteiger partial charge in [-0.25, -0.2) is 0 Å². The van der Waals surface area contributed by atoms with Crippen molar-refractivity contribution in [3.63, 3.8) is 0 Å². The second kappa shape index (κ2) is 3.64. The molecule has 0 amide bonds. The molecule has 0 heterocycles. The lowest BCUT2D eigenvalue weighted by molar-refractivity contribution is 0.250. The van der Waals surface area contributed by atoms with Gasteiger partial charge in [-0.1, -0.05) is 24.1 Å². The van der Waals surface area contributed by atoms with Crippen molar-refractivity contribution in [1.82, 2.24) is 0 Å². The van der Waals surface area contributed by atoms with Crippen LogP contribution in [0.2, 0.25) is 0 Å². The minimum Gasteiger partial charge on any atom is -0.330 e. The summed E-state index contributed by atoms with van der Waals surface area (Å²) in [7, 11) is 0. The molecule has 1 nitrogen and oxygen atoms in total. The Kier molecular flexibility index (Phi) is 2.59. The maximum Gasteiger partial charge on any atom is 0.00808 e. The third-order valence-electron chi connectivity index (χ3n) is 3.91. The zero-order chi connectivity index (χ0) is 11.1. The Balaban J connectivity index is 2.52. The van der Waals surface area contributed by atoms with E-state index >= 15 is 0 Å². The predicted molar refractivity (Wildman–Crippen MR) is 65.2 cm³/mol. The molecule has 15 heavy (non-hydrogen) atoms. The van der Waals surface area contributed by atoms with Gasteiger partial charge in [-0.15, -0.1) is 0 Å². The van der Waals surface area contributed by atoms with Crippen LogP contribution in [0.3, 0.4) is 0 Å². The van der Waals surface area contributed by atoms with E-state index in [1.807, 2.05) is 0 Å². The molecular weight excluding hydrogens is 182 g/mol. The van der Waals surface area contributed by atoms with Gasteiger partial charge in [0.05, 0.1) is 0 Å². The quantitative estimate of drug-likeness (QED) is 0.785. The monoisotopic (exact) mass is 203 g/mol. The Morgan fingerprint density at radius 1 is 1.13 bits per heavy atom. The smallest absolute Gasteiger partial charge is 0.00808 e. The lowest BCUT2D eigenvalue weighted by Crippen LogP contribution is -2.42. The fourth-order valence-corrected chi connectivity index (χ4v) is 3.18. The average Bonchev–Trinajstić information content (AvgIpc) is 2.07. The van der Waals surface area contributed by atoms with Crippen LogP contribution in [0.15, 0.2) is 12.1 Å². The zero-order valence-corrected chi connectivity index (χ0v) is 10.1. The summed E-state index contributed by atoms with van der Waals surface area (Å²) in [5, 5.41) is 0. The number of nitrogens with two attached hydrogens (primary N) is 1. The normalized spacial score (nSPS) is 18.7. The van der Waals surface area contributed by atoms with Crippen LogP contribution >= 0.6 is 0 Å². The van der Waals surface area contributed by atoms with Crippen molar-refractivity contribution in [2.75, 3.05) is 6.54 Å². The van der Waals surface area contributed by atoms with Crippen LogP contribution < -0.4 is 5.73 Å². The van der Waals surface area contributed by atoms with Crippen molar-refractivity contribution in [1.29, 1.82) is 0 Å². The molecular formula is C14H21N. The SMILES string of the molecule is Cc1cc(C)c(C2(CN)CCC2)c(C)c1. The third-order valence-corrected chi connectivity index (χ3v) is 3.91. The third kappa shape index (κ3) is 1.59. The average molecular weight is 203 g/mol. The van der Waals surface area contributed by atoms with Crippen molar-refractivity contribution < 1.29 is 0 Å². The maximum absolute atomic E-state index is 5.98. The highest BCUT2D eigenvalue weighted by molar-refractivity contribution is 5.44. The molecule has 1 aliphatic rings. The first-order chi connectivity index (χ1) is 7.09. The molecule has 0 spiro atoms. The first-order valence-electron chi connectivity index (χ1n) is 5.87. The molecule has 1 heteroatoms. The summed E-state index contributed by atoms with van der Waals surface area (Å²) >= 11 is 0. The van der Waals surface area contributed by atoms with Crippen molar-refractivity contribution in [3.8, 4) is 0 Å². The first-order valence-corrected chi connectivity index (χ1v) is 5.87. The molecule has 2 N–H and O–H groups in total.